The lowest BCUT2D eigenvalue weighted by molar-refractivity contribution is 0.0993. The molecule has 1 aliphatic heterocycles. The van der Waals surface area contributed by atoms with Crippen molar-refractivity contribution in [3.05, 3.63) is 65.0 Å². The van der Waals surface area contributed by atoms with Crippen molar-refractivity contribution in [1.29, 1.82) is 0 Å². The van der Waals surface area contributed by atoms with Crippen molar-refractivity contribution in [2.45, 2.75) is 19.5 Å². The summed E-state index contributed by atoms with van der Waals surface area (Å²) in [5, 5.41) is 3.28. The first-order valence-corrected chi connectivity index (χ1v) is 6.07. The minimum Gasteiger partial charge on any atom is -0.309 e. The average Bonchev–Trinajstić information content (AvgIpc) is 2.87. The molecule has 1 aliphatic rings. The maximum Gasteiger partial charge on any atom is 0.167 e. The van der Waals surface area contributed by atoms with Crippen LogP contribution in [0, 0.1) is 0 Å². The zero-order chi connectivity index (χ0) is 12.4. The summed E-state index contributed by atoms with van der Waals surface area (Å²) in [6.07, 6.45) is 3.88. The second kappa shape index (κ2) is 4.70. The van der Waals surface area contributed by atoms with Crippen molar-refractivity contribution in [2.75, 3.05) is 0 Å². The molecule has 0 aliphatic carbocycles. The third-order valence-electron chi connectivity index (χ3n) is 3.25. The van der Waals surface area contributed by atoms with E-state index in [1.54, 1.807) is 12.4 Å². The van der Waals surface area contributed by atoms with E-state index in [0.717, 1.165) is 24.2 Å². The molecule has 0 radical (unpaired) electrons. The number of rotatable bonds is 3. The molecule has 3 nitrogen and oxygen atoms in total. The minimum atomic E-state index is 0.151. The van der Waals surface area contributed by atoms with Crippen LogP contribution < -0.4 is 5.32 Å². The summed E-state index contributed by atoms with van der Waals surface area (Å²) in [7, 11) is 0. The lowest BCUT2D eigenvalue weighted by atomic mass is 10.00. The minimum absolute atomic E-state index is 0.151. The third kappa shape index (κ3) is 2.17. The molecule has 0 atom stereocenters. The first kappa shape index (κ1) is 11.1. The summed E-state index contributed by atoms with van der Waals surface area (Å²) in [4.78, 5) is 16.2. The SMILES string of the molecule is O=C(Cc1cccnc1)c1ccc2c(c1)CNC2. The van der Waals surface area contributed by atoms with Crippen LogP contribution >= 0.6 is 0 Å². The fourth-order valence-corrected chi connectivity index (χ4v) is 2.26. The standard InChI is InChI=1S/C15H14N2O/c18-15(6-11-2-1-5-16-8-11)12-3-4-13-9-17-10-14(13)7-12/h1-5,7-8,17H,6,9-10H2. The van der Waals surface area contributed by atoms with Gasteiger partial charge < -0.3 is 5.32 Å². The molecular formula is C15H14N2O. The molecule has 3 rings (SSSR count). The van der Waals surface area contributed by atoms with Crippen molar-refractivity contribution in [3.8, 4) is 0 Å². The highest BCUT2D eigenvalue weighted by Crippen LogP contribution is 2.18. The first-order chi connectivity index (χ1) is 8.83. The molecule has 3 heteroatoms. The quantitative estimate of drug-likeness (QED) is 0.833. The van der Waals surface area contributed by atoms with Gasteiger partial charge in [0.15, 0.2) is 5.78 Å². The predicted molar refractivity (Wildman–Crippen MR) is 69.3 cm³/mol. The fraction of sp³-hybridized carbons (Fsp3) is 0.200. The van der Waals surface area contributed by atoms with Gasteiger partial charge in [-0.3, -0.25) is 9.78 Å². The molecule has 0 saturated carbocycles. The third-order valence-corrected chi connectivity index (χ3v) is 3.25. The van der Waals surface area contributed by atoms with Crippen LogP contribution in [0.3, 0.4) is 0 Å². The molecular weight excluding hydrogens is 224 g/mol. The topological polar surface area (TPSA) is 42.0 Å². The number of Topliss-reactive ketones (excluding diaryl/α,β-unsaturated/α-hetero) is 1. The van der Waals surface area contributed by atoms with E-state index in [1.807, 2.05) is 30.3 Å². The first-order valence-electron chi connectivity index (χ1n) is 6.07. The number of ketones is 1. The van der Waals surface area contributed by atoms with Crippen molar-refractivity contribution in [2.24, 2.45) is 0 Å². The summed E-state index contributed by atoms with van der Waals surface area (Å²) in [5.41, 5.74) is 4.29. The van der Waals surface area contributed by atoms with E-state index in [-0.39, 0.29) is 5.78 Å². The van der Waals surface area contributed by atoms with Crippen LogP contribution in [0.5, 0.6) is 0 Å². The Morgan fingerprint density at radius 3 is 2.94 bits per heavy atom. The van der Waals surface area contributed by atoms with E-state index in [1.165, 1.54) is 11.1 Å². The highest BCUT2D eigenvalue weighted by molar-refractivity contribution is 5.97. The second-order valence-electron chi connectivity index (χ2n) is 4.55. The van der Waals surface area contributed by atoms with Crippen LogP contribution in [0.15, 0.2) is 42.7 Å². The summed E-state index contributed by atoms with van der Waals surface area (Å²) < 4.78 is 0. The van der Waals surface area contributed by atoms with Crippen LogP contribution in [0.25, 0.3) is 0 Å². The Kier molecular flexibility index (Phi) is 2.90. The molecule has 1 aromatic heterocycles. The van der Waals surface area contributed by atoms with E-state index in [0.29, 0.717) is 6.42 Å². The Hall–Kier alpha value is -2.00. The van der Waals surface area contributed by atoms with Gasteiger partial charge in [-0.05, 0) is 28.8 Å². The second-order valence-corrected chi connectivity index (χ2v) is 4.55. The molecule has 0 spiro atoms. The Morgan fingerprint density at radius 1 is 1.22 bits per heavy atom. The van der Waals surface area contributed by atoms with Crippen molar-refractivity contribution < 1.29 is 4.79 Å². The van der Waals surface area contributed by atoms with E-state index in [9.17, 15) is 4.79 Å². The van der Waals surface area contributed by atoms with Crippen molar-refractivity contribution in [3.63, 3.8) is 0 Å². The molecule has 1 aromatic carbocycles. The number of nitrogens with zero attached hydrogens (tertiary/aromatic N) is 1. The molecule has 0 saturated heterocycles. The van der Waals surface area contributed by atoms with Gasteiger partial charge in [0.1, 0.15) is 0 Å². The zero-order valence-electron chi connectivity index (χ0n) is 10.0. The van der Waals surface area contributed by atoms with Gasteiger partial charge in [-0.25, -0.2) is 0 Å². The molecule has 18 heavy (non-hydrogen) atoms. The summed E-state index contributed by atoms with van der Waals surface area (Å²) >= 11 is 0. The maximum atomic E-state index is 12.2. The Labute approximate surface area is 106 Å². The monoisotopic (exact) mass is 238 g/mol. The summed E-state index contributed by atoms with van der Waals surface area (Å²) in [6.45, 7) is 1.77. The summed E-state index contributed by atoms with van der Waals surface area (Å²) in [6, 6.07) is 9.76. The smallest absolute Gasteiger partial charge is 0.167 e. The van der Waals surface area contributed by atoms with Crippen LogP contribution in [-0.2, 0) is 19.5 Å². The van der Waals surface area contributed by atoms with Gasteiger partial charge in [-0.15, -0.1) is 0 Å². The van der Waals surface area contributed by atoms with Gasteiger partial charge >= 0.3 is 0 Å². The largest absolute Gasteiger partial charge is 0.309 e. The molecule has 90 valence electrons. The molecule has 1 N–H and O–H groups in total. The van der Waals surface area contributed by atoms with Gasteiger partial charge in [0.25, 0.3) is 0 Å². The van der Waals surface area contributed by atoms with Gasteiger partial charge in [-0.2, -0.15) is 0 Å². The maximum absolute atomic E-state index is 12.2. The fourth-order valence-electron chi connectivity index (χ4n) is 2.26. The molecule has 2 aromatic rings. The van der Waals surface area contributed by atoms with Crippen molar-refractivity contribution >= 4 is 5.78 Å². The molecule has 0 unspecified atom stereocenters. The molecule has 0 amide bonds. The van der Waals surface area contributed by atoms with Gasteiger partial charge in [-0.1, -0.05) is 18.2 Å². The number of aromatic nitrogens is 1. The summed E-state index contributed by atoms with van der Waals surface area (Å²) in [5.74, 6) is 0.151. The predicted octanol–water partition coefficient (Wildman–Crippen LogP) is 2.11. The zero-order valence-corrected chi connectivity index (χ0v) is 10.0. The lowest BCUT2D eigenvalue weighted by Crippen LogP contribution is -2.04. The van der Waals surface area contributed by atoms with Crippen LogP contribution in [0.4, 0.5) is 0 Å². The molecule has 0 fully saturated rings. The number of pyridine rings is 1. The van der Waals surface area contributed by atoms with Crippen LogP contribution in [-0.4, -0.2) is 10.8 Å². The Morgan fingerprint density at radius 2 is 2.11 bits per heavy atom. The number of hydrogen-bond donors (Lipinski definition) is 1. The highest BCUT2D eigenvalue weighted by Gasteiger charge is 2.13. The number of nitrogens with one attached hydrogen (secondary N) is 1. The molecule has 0 bridgehead atoms. The Balaban J connectivity index is 1.81. The van der Waals surface area contributed by atoms with E-state index in [4.69, 9.17) is 0 Å². The highest BCUT2D eigenvalue weighted by atomic mass is 16.1. The number of hydrogen-bond acceptors (Lipinski definition) is 3. The van der Waals surface area contributed by atoms with Gasteiger partial charge in [0.2, 0.25) is 0 Å². The normalized spacial score (nSPS) is 13.3. The molecule has 2 heterocycles. The van der Waals surface area contributed by atoms with Crippen LogP contribution in [0.1, 0.15) is 27.0 Å². The Bertz CT molecular complexity index is 578. The number of carbonyl (C=O) groups is 1. The van der Waals surface area contributed by atoms with E-state index < -0.39 is 0 Å². The van der Waals surface area contributed by atoms with E-state index >= 15 is 0 Å². The average molecular weight is 238 g/mol. The number of fused-ring (bicyclic) bond motifs is 1. The van der Waals surface area contributed by atoms with Crippen molar-refractivity contribution in [1.82, 2.24) is 10.3 Å². The van der Waals surface area contributed by atoms with Crippen LogP contribution in [0.2, 0.25) is 0 Å². The lowest BCUT2D eigenvalue weighted by Gasteiger charge is -2.04. The van der Waals surface area contributed by atoms with Gasteiger partial charge in [0.05, 0.1) is 0 Å². The number of carbonyl (C=O) groups excluding carboxylic acids is 1. The number of benzene rings is 1. The van der Waals surface area contributed by atoms with Gasteiger partial charge in [0, 0.05) is 37.5 Å². The van der Waals surface area contributed by atoms with E-state index in [2.05, 4.69) is 10.3 Å².